The molecule has 0 N–H and O–H groups in total. The minimum absolute atomic E-state index is 0.169. The van der Waals surface area contributed by atoms with E-state index in [0.29, 0.717) is 6.54 Å². The van der Waals surface area contributed by atoms with Crippen LogP contribution in [0.5, 0.6) is 0 Å². The number of hydrogen-bond acceptors (Lipinski definition) is 4. The van der Waals surface area contributed by atoms with Crippen LogP contribution in [0.25, 0.3) is 0 Å². The molecule has 0 aliphatic carbocycles. The molecule has 0 bridgehead atoms. The van der Waals surface area contributed by atoms with Gasteiger partial charge in [-0.15, -0.1) is 0 Å². The molecule has 20 heavy (non-hydrogen) atoms. The number of alkyl halides is 3. The first-order valence-electron chi connectivity index (χ1n) is 6.69. The van der Waals surface area contributed by atoms with Gasteiger partial charge in [0.05, 0.1) is 0 Å². The molecule has 1 unspecified atom stereocenters. The molecule has 4 nitrogen and oxygen atoms in total. The van der Waals surface area contributed by atoms with Gasteiger partial charge in [0.1, 0.15) is 5.82 Å². The Morgan fingerprint density at radius 3 is 2.50 bits per heavy atom. The molecule has 112 valence electrons. The van der Waals surface area contributed by atoms with Gasteiger partial charge in [0, 0.05) is 32.7 Å². The third-order valence-corrected chi connectivity index (χ3v) is 3.51. The number of halogens is 3. The molecule has 0 aromatic carbocycles. The van der Waals surface area contributed by atoms with Gasteiger partial charge in [-0.1, -0.05) is 0 Å². The molecule has 0 amide bonds. The van der Waals surface area contributed by atoms with Crippen molar-refractivity contribution in [2.45, 2.75) is 38.4 Å². The highest BCUT2D eigenvalue weighted by Gasteiger charge is 2.35. The highest BCUT2D eigenvalue weighted by molar-refractivity contribution is 5.46. The van der Waals surface area contributed by atoms with Crippen molar-refractivity contribution >= 4 is 11.8 Å². The average molecular weight is 288 g/mol. The summed E-state index contributed by atoms with van der Waals surface area (Å²) < 4.78 is 38.8. The second kappa shape index (κ2) is 5.46. The summed E-state index contributed by atoms with van der Waals surface area (Å²) in [7, 11) is 3.35. The Morgan fingerprint density at radius 1 is 1.25 bits per heavy atom. The number of anilines is 2. The lowest BCUT2D eigenvalue weighted by Gasteiger charge is -2.34. The first-order chi connectivity index (χ1) is 9.29. The molecule has 1 aliphatic rings. The van der Waals surface area contributed by atoms with Crippen LogP contribution in [0.4, 0.5) is 24.9 Å². The maximum atomic E-state index is 12.9. The van der Waals surface area contributed by atoms with Crippen molar-refractivity contribution in [3.8, 4) is 0 Å². The Labute approximate surface area is 116 Å². The number of rotatable bonds is 2. The van der Waals surface area contributed by atoms with Crippen molar-refractivity contribution in [3.63, 3.8) is 0 Å². The predicted molar refractivity (Wildman–Crippen MR) is 72.0 cm³/mol. The van der Waals surface area contributed by atoms with Gasteiger partial charge < -0.3 is 9.80 Å². The summed E-state index contributed by atoms with van der Waals surface area (Å²) in [5.74, 6) is 0.454. The van der Waals surface area contributed by atoms with Crippen LogP contribution in [-0.4, -0.2) is 36.6 Å². The molecule has 1 aliphatic heterocycles. The van der Waals surface area contributed by atoms with E-state index in [2.05, 4.69) is 9.97 Å². The lowest BCUT2D eigenvalue weighted by atomic mass is 10.0. The Kier molecular flexibility index (Phi) is 4.06. The molecule has 0 spiro atoms. The molecule has 0 saturated carbocycles. The van der Waals surface area contributed by atoms with Crippen molar-refractivity contribution in [1.29, 1.82) is 0 Å². The van der Waals surface area contributed by atoms with Crippen LogP contribution >= 0.6 is 0 Å². The van der Waals surface area contributed by atoms with Gasteiger partial charge in [0.2, 0.25) is 5.95 Å². The second-order valence-corrected chi connectivity index (χ2v) is 5.34. The SMILES string of the molecule is CC1CCCCN1c1nc(N(C)C)cc(C(F)(F)F)n1. The van der Waals surface area contributed by atoms with Crippen molar-refractivity contribution in [1.82, 2.24) is 9.97 Å². The Hall–Kier alpha value is -1.53. The van der Waals surface area contributed by atoms with Gasteiger partial charge in [-0.05, 0) is 26.2 Å². The Morgan fingerprint density at radius 2 is 1.95 bits per heavy atom. The van der Waals surface area contributed by atoms with Crippen LogP contribution in [0.3, 0.4) is 0 Å². The molecule has 1 aromatic rings. The summed E-state index contributed by atoms with van der Waals surface area (Å²) in [4.78, 5) is 11.4. The number of nitrogens with zero attached hydrogens (tertiary/aromatic N) is 4. The third-order valence-electron chi connectivity index (χ3n) is 3.51. The monoisotopic (exact) mass is 288 g/mol. The zero-order valence-electron chi connectivity index (χ0n) is 11.9. The van der Waals surface area contributed by atoms with E-state index in [1.807, 2.05) is 11.8 Å². The molecular weight excluding hydrogens is 269 g/mol. The maximum absolute atomic E-state index is 12.9. The summed E-state index contributed by atoms with van der Waals surface area (Å²) in [5, 5.41) is 0. The zero-order chi connectivity index (χ0) is 14.9. The second-order valence-electron chi connectivity index (χ2n) is 5.34. The van der Waals surface area contributed by atoms with Gasteiger partial charge in [0.25, 0.3) is 0 Å². The average Bonchev–Trinajstić information content (AvgIpc) is 2.37. The lowest BCUT2D eigenvalue weighted by molar-refractivity contribution is -0.141. The minimum Gasteiger partial charge on any atom is -0.363 e. The highest BCUT2D eigenvalue weighted by atomic mass is 19.4. The minimum atomic E-state index is -4.46. The third kappa shape index (κ3) is 3.13. The Bertz CT molecular complexity index is 473. The zero-order valence-corrected chi connectivity index (χ0v) is 11.9. The molecule has 7 heteroatoms. The summed E-state index contributed by atoms with van der Waals surface area (Å²) in [5.41, 5.74) is -0.885. The highest BCUT2D eigenvalue weighted by Crippen LogP contribution is 2.32. The van der Waals surface area contributed by atoms with Crippen molar-refractivity contribution in [2.75, 3.05) is 30.4 Å². The largest absolute Gasteiger partial charge is 0.433 e. The van der Waals surface area contributed by atoms with Gasteiger partial charge in [-0.25, -0.2) is 4.98 Å². The number of hydrogen-bond donors (Lipinski definition) is 0. The fraction of sp³-hybridized carbons (Fsp3) is 0.692. The van der Waals surface area contributed by atoms with Crippen LogP contribution in [0.15, 0.2) is 6.07 Å². The Balaban J connectivity index is 2.43. The standard InChI is InChI=1S/C13H19F3N4/c1-9-6-4-5-7-20(9)12-17-10(13(14,15)16)8-11(18-12)19(2)3/h8-9H,4-7H2,1-3H3. The van der Waals surface area contributed by atoms with E-state index in [4.69, 9.17) is 0 Å². The van der Waals surface area contributed by atoms with E-state index >= 15 is 0 Å². The van der Waals surface area contributed by atoms with Crippen molar-refractivity contribution < 1.29 is 13.2 Å². The van der Waals surface area contributed by atoms with Crippen molar-refractivity contribution in [2.24, 2.45) is 0 Å². The lowest BCUT2D eigenvalue weighted by Crippen LogP contribution is -2.39. The molecular formula is C13H19F3N4. The van der Waals surface area contributed by atoms with E-state index < -0.39 is 11.9 Å². The van der Waals surface area contributed by atoms with Crippen LogP contribution in [0.1, 0.15) is 31.9 Å². The summed E-state index contributed by atoms with van der Waals surface area (Å²) in [6.45, 7) is 2.70. The van der Waals surface area contributed by atoms with Gasteiger partial charge in [-0.3, -0.25) is 0 Å². The molecule has 1 saturated heterocycles. The van der Waals surface area contributed by atoms with Gasteiger partial charge in [0.15, 0.2) is 5.69 Å². The maximum Gasteiger partial charge on any atom is 0.433 e. The predicted octanol–water partition coefficient (Wildman–Crippen LogP) is 2.94. The van der Waals surface area contributed by atoms with E-state index in [9.17, 15) is 13.2 Å². The number of aromatic nitrogens is 2. The van der Waals surface area contributed by atoms with Crippen LogP contribution in [-0.2, 0) is 6.18 Å². The summed E-state index contributed by atoms with van der Waals surface area (Å²) in [6, 6.07) is 1.15. The molecule has 1 fully saturated rings. The van der Waals surface area contributed by atoms with Crippen LogP contribution < -0.4 is 9.80 Å². The quantitative estimate of drug-likeness (QED) is 0.837. The van der Waals surface area contributed by atoms with Crippen LogP contribution in [0, 0.1) is 0 Å². The first-order valence-corrected chi connectivity index (χ1v) is 6.69. The van der Waals surface area contributed by atoms with E-state index in [0.717, 1.165) is 25.3 Å². The molecule has 0 radical (unpaired) electrons. The summed E-state index contributed by atoms with van der Waals surface area (Å²) in [6.07, 6.45) is -1.45. The van der Waals surface area contributed by atoms with E-state index in [1.165, 1.54) is 0 Å². The fourth-order valence-electron chi connectivity index (χ4n) is 2.32. The molecule has 1 aromatic heterocycles. The number of piperidine rings is 1. The topological polar surface area (TPSA) is 32.3 Å². The van der Waals surface area contributed by atoms with Crippen molar-refractivity contribution in [3.05, 3.63) is 11.8 Å². The molecule has 2 heterocycles. The normalized spacial score (nSPS) is 20.1. The van der Waals surface area contributed by atoms with E-state index in [-0.39, 0.29) is 17.8 Å². The summed E-state index contributed by atoms with van der Waals surface area (Å²) >= 11 is 0. The molecule has 1 atom stereocenters. The smallest absolute Gasteiger partial charge is 0.363 e. The first kappa shape index (κ1) is 14.9. The molecule has 2 rings (SSSR count). The van der Waals surface area contributed by atoms with Gasteiger partial charge >= 0.3 is 6.18 Å². The van der Waals surface area contributed by atoms with E-state index in [1.54, 1.807) is 19.0 Å². The van der Waals surface area contributed by atoms with Crippen LogP contribution in [0.2, 0.25) is 0 Å². The van der Waals surface area contributed by atoms with Gasteiger partial charge in [-0.2, -0.15) is 18.2 Å². The fourth-order valence-corrected chi connectivity index (χ4v) is 2.32.